The zero-order valence-electron chi connectivity index (χ0n) is 14.0. The molecule has 4 heteroatoms. The van der Waals surface area contributed by atoms with Crippen LogP contribution in [0, 0.1) is 0 Å². The fraction of sp³-hybridized carbons (Fsp3) is 0.706. The van der Waals surface area contributed by atoms with Crippen molar-refractivity contribution in [2.75, 3.05) is 37.6 Å². The first-order valence-corrected chi connectivity index (χ1v) is 8.34. The lowest BCUT2D eigenvalue weighted by Gasteiger charge is -2.39. The van der Waals surface area contributed by atoms with Crippen molar-refractivity contribution in [1.82, 2.24) is 15.2 Å². The molecule has 0 radical (unpaired) electrons. The number of aromatic nitrogens is 1. The first kappa shape index (κ1) is 16.2. The van der Waals surface area contributed by atoms with E-state index in [1.165, 1.54) is 12.0 Å². The van der Waals surface area contributed by atoms with Crippen LogP contribution >= 0.6 is 0 Å². The van der Waals surface area contributed by atoms with Gasteiger partial charge in [0.15, 0.2) is 0 Å². The van der Waals surface area contributed by atoms with E-state index in [4.69, 9.17) is 0 Å². The van der Waals surface area contributed by atoms with Gasteiger partial charge in [-0.15, -0.1) is 0 Å². The molecule has 1 saturated heterocycles. The Morgan fingerprint density at radius 1 is 1.19 bits per heavy atom. The zero-order valence-corrected chi connectivity index (χ0v) is 14.0. The second-order valence-corrected chi connectivity index (χ2v) is 5.98. The lowest BCUT2D eigenvalue weighted by Crippen LogP contribution is -2.50. The van der Waals surface area contributed by atoms with E-state index in [0.29, 0.717) is 12.1 Å². The summed E-state index contributed by atoms with van der Waals surface area (Å²) in [5.74, 6) is 1.16. The van der Waals surface area contributed by atoms with Gasteiger partial charge in [-0.1, -0.05) is 19.9 Å². The van der Waals surface area contributed by atoms with Crippen molar-refractivity contribution in [1.29, 1.82) is 0 Å². The fourth-order valence-corrected chi connectivity index (χ4v) is 3.06. The van der Waals surface area contributed by atoms with Crippen molar-refractivity contribution >= 4 is 5.82 Å². The van der Waals surface area contributed by atoms with Gasteiger partial charge in [-0.3, -0.25) is 4.90 Å². The maximum Gasteiger partial charge on any atom is 0.133 e. The van der Waals surface area contributed by atoms with Crippen LogP contribution in [-0.4, -0.2) is 48.6 Å². The Balaban J connectivity index is 2.06. The molecule has 0 bridgehead atoms. The highest BCUT2D eigenvalue weighted by Crippen LogP contribution is 2.25. The number of nitrogens with one attached hydrogen (secondary N) is 1. The molecular weight excluding hydrogens is 260 g/mol. The van der Waals surface area contributed by atoms with Gasteiger partial charge in [-0.25, -0.2) is 4.98 Å². The minimum atomic E-state index is 0.353. The lowest BCUT2D eigenvalue weighted by molar-refractivity contribution is 0.192. The van der Waals surface area contributed by atoms with Crippen molar-refractivity contribution < 1.29 is 0 Å². The molecule has 2 unspecified atom stereocenters. The number of anilines is 1. The van der Waals surface area contributed by atoms with E-state index in [1.807, 2.05) is 12.3 Å². The second-order valence-electron chi connectivity index (χ2n) is 5.98. The largest absolute Gasteiger partial charge is 0.354 e. The van der Waals surface area contributed by atoms with E-state index in [2.05, 4.69) is 53.9 Å². The Hall–Kier alpha value is -1.13. The molecule has 1 N–H and O–H groups in total. The van der Waals surface area contributed by atoms with Gasteiger partial charge in [0.1, 0.15) is 5.82 Å². The molecule has 0 aromatic carbocycles. The minimum Gasteiger partial charge on any atom is -0.354 e. The summed E-state index contributed by atoms with van der Waals surface area (Å²) in [5.41, 5.74) is 1.32. The van der Waals surface area contributed by atoms with Crippen molar-refractivity contribution in [3.8, 4) is 0 Å². The Morgan fingerprint density at radius 2 is 1.90 bits per heavy atom. The minimum absolute atomic E-state index is 0.353. The molecule has 0 saturated carbocycles. The SMILES string of the molecule is CCNC(C)c1cccnc1N1CCN(C(C)CC)CC1. The third-order valence-electron chi connectivity index (χ3n) is 4.62. The Labute approximate surface area is 129 Å². The monoisotopic (exact) mass is 290 g/mol. The summed E-state index contributed by atoms with van der Waals surface area (Å²) in [4.78, 5) is 9.70. The van der Waals surface area contributed by atoms with E-state index < -0.39 is 0 Å². The number of hydrogen-bond donors (Lipinski definition) is 1. The average molecular weight is 290 g/mol. The summed E-state index contributed by atoms with van der Waals surface area (Å²) in [6.07, 6.45) is 3.14. The van der Waals surface area contributed by atoms with Crippen LogP contribution in [0.4, 0.5) is 5.82 Å². The van der Waals surface area contributed by atoms with E-state index in [9.17, 15) is 0 Å². The number of pyridine rings is 1. The van der Waals surface area contributed by atoms with Crippen LogP contribution in [0.3, 0.4) is 0 Å². The fourth-order valence-electron chi connectivity index (χ4n) is 3.06. The summed E-state index contributed by atoms with van der Waals surface area (Å²) in [6, 6.07) is 5.29. The Kier molecular flexibility index (Phi) is 6.00. The molecule has 0 amide bonds. The second kappa shape index (κ2) is 7.76. The van der Waals surface area contributed by atoms with Gasteiger partial charge >= 0.3 is 0 Å². The Morgan fingerprint density at radius 3 is 2.52 bits per heavy atom. The molecular formula is C17H30N4. The molecule has 0 spiro atoms. The molecule has 2 rings (SSSR count). The van der Waals surface area contributed by atoms with Gasteiger partial charge in [0, 0.05) is 50.0 Å². The molecule has 21 heavy (non-hydrogen) atoms. The molecule has 1 aromatic heterocycles. The quantitative estimate of drug-likeness (QED) is 0.873. The van der Waals surface area contributed by atoms with E-state index in [0.717, 1.165) is 38.5 Å². The first-order valence-electron chi connectivity index (χ1n) is 8.34. The highest BCUT2D eigenvalue weighted by molar-refractivity contribution is 5.48. The van der Waals surface area contributed by atoms with Crippen molar-refractivity contribution in [3.63, 3.8) is 0 Å². The number of nitrogens with zero attached hydrogens (tertiary/aromatic N) is 3. The van der Waals surface area contributed by atoms with Crippen LogP contribution in [0.25, 0.3) is 0 Å². The summed E-state index contributed by atoms with van der Waals surface area (Å²) >= 11 is 0. The summed E-state index contributed by atoms with van der Waals surface area (Å²) in [7, 11) is 0. The van der Waals surface area contributed by atoms with Crippen LogP contribution < -0.4 is 10.2 Å². The van der Waals surface area contributed by atoms with Gasteiger partial charge in [0.05, 0.1) is 0 Å². The maximum atomic E-state index is 4.66. The Bertz CT molecular complexity index is 427. The zero-order chi connectivity index (χ0) is 15.2. The molecule has 1 aliphatic rings. The maximum absolute atomic E-state index is 4.66. The summed E-state index contributed by atoms with van der Waals surface area (Å²) in [5, 5.41) is 3.50. The number of rotatable bonds is 6. The van der Waals surface area contributed by atoms with E-state index in [-0.39, 0.29) is 0 Å². The highest BCUT2D eigenvalue weighted by atomic mass is 15.3. The third-order valence-corrected chi connectivity index (χ3v) is 4.62. The van der Waals surface area contributed by atoms with Crippen LogP contribution in [0.1, 0.15) is 45.7 Å². The van der Waals surface area contributed by atoms with Gasteiger partial charge in [-0.2, -0.15) is 0 Å². The average Bonchev–Trinajstić information content (AvgIpc) is 2.54. The van der Waals surface area contributed by atoms with E-state index in [1.54, 1.807) is 0 Å². The topological polar surface area (TPSA) is 31.4 Å². The summed E-state index contributed by atoms with van der Waals surface area (Å²) < 4.78 is 0. The molecule has 1 fully saturated rings. The highest BCUT2D eigenvalue weighted by Gasteiger charge is 2.23. The number of piperazine rings is 1. The molecule has 2 atom stereocenters. The summed E-state index contributed by atoms with van der Waals surface area (Å²) in [6.45, 7) is 14.4. The van der Waals surface area contributed by atoms with Crippen molar-refractivity contribution in [3.05, 3.63) is 23.9 Å². The molecule has 4 nitrogen and oxygen atoms in total. The van der Waals surface area contributed by atoms with E-state index >= 15 is 0 Å². The van der Waals surface area contributed by atoms with Crippen molar-refractivity contribution in [2.24, 2.45) is 0 Å². The molecule has 118 valence electrons. The van der Waals surface area contributed by atoms with Gasteiger partial charge in [0.2, 0.25) is 0 Å². The molecule has 0 aliphatic carbocycles. The normalized spacial score (nSPS) is 19.5. The first-order chi connectivity index (χ1) is 10.2. The van der Waals surface area contributed by atoms with Gasteiger partial charge in [-0.05, 0) is 32.9 Å². The molecule has 1 aliphatic heterocycles. The smallest absolute Gasteiger partial charge is 0.133 e. The molecule has 2 heterocycles. The van der Waals surface area contributed by atoms with Gasteiger partial charge < -0.3 is 10.2 Å². The predicted octanol–water partition coefficient (Wildman–Crippen LogP) is 2.67. The van der Waals surface area contributed by atoms with Crippen molar-refractivity contribution in [2.45, 2.75) is 46.2 Å². The third kappa shape index (κ3) is 3.95. The van der Waals surface area contributed by atoms with Crippen LogP contribution in [-0.2, 0) is 0 Å². The predicted molar refractivity (Wildman–Crippen MR) is 89.9 cm³/mol. The van der Waals surface area contributed by atoms with Gasteiger partial charge in [0.25, 0.3) is 0 Å². The number of hydrogen-bond acceptors (Lipinski definition) is 4. The van der Waals surface area contributed by atoms with Crippen LogP contribution in [0.15, 0.2) is 18.3 Å². The molecule has 1 aromatic rings. The standard InChI is InChI=1S/C17H30N4/c1-5-14(3)20-10-12-21(13-11-20)17-16(8-7-9-19-17)15(4)18-6-2/h7-9,14-15,18H,5-6,10-13H2,1-4H3. The lowest BCUT2D eigenvalue weighted by atomic mass is 10.1. The van der Waals surface area contributed by atoms with Crippen LogP contribution in [0.5, 0.6) is 0 Å². The van der Waals surface area contributed by atoms with Crippen LogP contribution in [0.2, 0.25) is 0 Å².